The van der Waals surface area contributed by atoms with Crippen molar-refractivity contribution in [3.05, 3.63) is 30.2 Å². The maximum Gasteiger partial charge on any atom is 0.281 e. The molecule has 0 spiro atoms. The normalized spacial score (nSPS) is 20.3. The summed E-state index contributed by atoms with van der Waals surface area (Å²) in [7, 11) is 1.31. The van der Waals surface area contributed by atoms with Gasteiger partial charge in [-0.15, -0.1) is 10.2 Å². The fourth-order valence-electron chi connectivity index (χ4n) is 4.83. The molecule has 2 aliphatic rings. The van der Waals surface area contributed by atoms with Crippen LogP contribution in [0.1, 0.15) is 6.92 Å². The van der Waals surface area contributed by atoms with Gasteiger partial charge in [0.1, 0.15) is 23.6 Å². The number of rotatable bonds is 7. The predicted octanol–water partition coefficient (Wildman–Crippen LogP) is 3.07. The zero-order valence-electron chi connectivity index (χ0n) is 20.3. The number of methoxy groups -OCH3 is 1. The van der Waals surface area contributed by atoms with Crippen LogP contribution in [0.4, 0.5) is 27.9 Å². The maximum atomic E-state index is 15.3. The van der Waals surface area contributed by atoms with Crippen LogP contribution in [0.5, 0.6) is 5.88 Å². The summed E-state index contributed by atoms with van der Waals surface area (Å²) in [6, 6.07) is 3.27. The molecule has 202 valence electrons. The molecule has 2 aliphatic heterocycles. The largest absolute Gasteiger partial charge is 0.479 e. The molecule has 1 N–H and O–H groups in total. The number of likely N-dealkylation sites (tertiary alicyclic amines) is 1. The minimum absolute atomic E-state index is 0.0497. The second kappa shape index (κ2) is 8.73. The fourth-order valence-corrected chi connectivity index (χ4v) is 4.83. The minimum atomic E-state index is -3.05. The van der Waals surface area contributed by atoms with E-state index in [4.69, 9.17) is 9.47 Å². The second-order valence-corrected chi connectivity index (χ2v) is 9.69. The van der Waals surface area contributed by atoms with Crippen molar-refractivity contribution in [1.82, 2.24) is 34.5 Å². The summed E-state index contributed by atoms with van der Waals surface area (Å²) in [5, 5.41) is 14.6. The number of halogens is 5. The Morgan fingerprint density at radius 2 is 2.05 bits per heavy atom. The van der Waals surface area contributed by atoms with Crippen LogP contribution in [0.3, 0.4) is 0 Å². The van der Waals surface area contributed by atoms with E-state index < -0.39 is 36.8 Å². The van der Waals surface area contributed by atoms with E-state index in [0.29, 0.717) is 24.3 Å². The highest BCUT2D eigenvalue weighted by Crippen LogP contribution is 2.37. The first-order valence-corrected chi connectivity index (χ1v) is 11.8. The minimum Gasteiger partial charge on any atom is -0.479 e. The molecular weight excluding hydrogens is 515 g/mol. The first-order valence-electron chi connectivity index (χ1n) is 11.8. The Morgan fingerprint density at radius 1 is 1.26 bits per heavy atom. The van der Waals surface area contributed by atoms with Crippen LogP contribution in [-0.4, -0.2) is 91.8 Å². The van der Waals surface area contributed by atoms with E-state index >= 15 is 4.39 Å². The number of hydrogen-bond acceptors (Lipinski definition) is 8. The summed E-state index contributed by atoms with van der Waals surface area (Å²) < 4.78 is 84.7. The molecule has 6 rings (SSSR count). The van der Waals surface area contributed by atoms with Gasteiger partial charge in [0, 0.05) is 13.5 Å². The Morgan fingerprint density at radius 3 is 2.74 bits per heavy atom. The molecule has 0 aliphatic carbocycles. The Bertz CT molecular complexity index is 1510. The molecular formula is C23H23F5N8O2. The van der Waals surface area contributed by atoms with E-state index in [0.717, 1.165) is 22.3 Å². The Labute approximate surface area is 212 Å². The van der Waals surface area contributed by atoms with Crippen molar-refractivity contribution in [3.8, 4) is 17.0 Å². The van der Waals surface area contributed by atoms with Gasteiger partial charge in [0.2, 0.25) is 11.8 Å². The average Bonchev–Trinajstić information content (AvgIpc) is 3.43. The van der Waals surface area contributed by atoms with E-state index in [1.54, 1.807) is 11.0 Å². The van der Waals surface area contributed by atoms with Gasteiger partial charge in [0.05, 0.1) is 50.2 Å². The van der Waals surface area contributed by atoms with Crippen molar-refractivity contribution in [1.29, 1.82) is 0 Å². The van der Waals surface area contributed by atoms with Gasteiger partial charge in [0.25, 0.3) is 11.8 Å². The van der Waals surface area contributed by atoms with Crippen molar-refractivity contribution in [2.24, 2.45) is 0 Å². The number of nitrogens with zero attached hydrogens (tertiary/aromatic N) is 7. The van der Waals surface area contributed by atoms with E-state index in [2.05, 4.69) is 25.7 Å². The van der Waals surface area contributed by atoms with Gasteiger partial charge in [-0.1, -0.05) is 11.3 Å². The molecule has 2 saturated heterocycles. The Kier molecular flexibility index (Phi) is 5.68. The van der Waals surface area contributed by atoms with Gasteiger partial charge < -0.3 is 14.8 Å². The fraction of sp³-hybridized carbons (Fsp3) is 0.478. The molecule has 1 atom stereocenters. The first kappa shape index (κ1) is 24.7. The lowest BCUT2D eigenvalue weighted by molar-refractivity contribution is -0.0711. The second-order valence-electron chi connectivity index (χ2n) is 9.69. The van der Waals surface area contributed by atoms with Gasteiger partial charge >= 0.3 is 0 Å². The van der Waals surface area contributed by atoms with Gasteiger partial charge in [-0.25, -0.2) is 31.1 Å². The van der Waals surface area contributed by atoms with Crippen molar-refractivity contribution in [2.75, 3.05) is 38.7 Å². The third-order valence-electron chi connectivity index (χ3n) is 6.76. The van der Waals surface area contributed by atoms with Crippen LogP contribution in [-0.2, 0) is 11.3 Å². The predicted molar refractivity (Wildman–Crippen MR) is 125 cm³/mol. The summed E-state index contributed by atoms with van der Waals surface area (Å²) >= 11 is 0. The van der Waals surface area contributed by atoms with Crippen molar-refractivity contribution < 1.29 is 31.4 Å². The molecule has 0 unspecified atom stereocenters. The van der Waals surface area contributed by atoms with Crippen LogP contribution in [0, 0.1) is 5.82 Å². The van der Waals surface area contributed by atoms with Gasteiger partial charge in [-0.3, -0.25) is 4.90 Å². The van der Waals surface area contributed by atoms with E-state index in [1.807, 2.05) is 0 Å². The van der Waals surface area contributed by atoms with E-state index in [-0.39, 0.29) is 41.0 Å². The SMILES string of the molecule is COc1nc(N[C@@H]2CN(C3COC3)CC2(F)F)nn2cc(F)c(-c3ccc4nnn(CC(C)(F)F)c4c3)c12. The van der Waals surface area contributed by atoms with E-state index in [9.17, 15) is 17.6 Å². The maximum absolute atomic E-state index is 15.3. The lowest BCUT2D eigenvalue weighted by Gasteiger charge is -2.34. The van der Waals surface area contributed by atoms with Gasteiger partial charge in [-0.05, 0) is 17.7 Å². The Hall–Kier alpha value is -3.59. The third kappa shape index (κ3) is 4.28. The smallest absolute Gasteiger partial charge is 0.281 e. The lowest BCUT2D eigenvalue weighted by Crippen LogP contribution is -2.48. The van der Waals surface area contributed by atoms with Gasteiger partial charge in [0.15, 0.2) is 5.82 Å². The van der Waals surface area contributed by atoms with E-state index in [1.165, 1.54) is 19.2 Å². The standard InChI is InChI=1S/C23H23F5N8O2/c1-22(25,26)10-36-16-5-12(3-4-15(16)31-33-36)18-14(24)6-35-19(18)20(37-2)30-21(32-35)29-17-7-34(11-23(17,27)28)13-8-38-9-13/h3-6,13,17H,7-11H2,1-2H3,(H,29,32)/t17-/m1/s1. The average molecular weight is 538 g/mol. The highest BCUT2D eigenvalue weighted by atomic mass is 19.3. The molecule has 3 aromatic heterocycles. The molecule has 0 amide bonds. The number of alkyl halides is 4. The quantitative estimate of drug-likeness (QED) is 0.359. The molecule has 10 nitrogen and oxygen atoms in total. The summed E-state index contributed by atoms with van der Waals surface area (Å²) in [5.74, 6) is -7.00. The van der Waals surface area contributed by atoms with Crippen LogP contribution in [0.2, 0.25) is 0 Å². The summed E-state index contributed by atoms with van der Waals surface area (Å²) in [6.07, 6.45) is 1.07. The molecule has 15 heteroatoms. The first-order chi connectivity index (χ1) is 18.0. The number of aromatic nitrogens is 6. The summed E-state index contributed by atoms with van der Waals surface area (Å²) in [4.78, 5) is 5.89. The number of anilines is 1. The van der Waals surface area contributed by atoms with Gasteiger partial charge in [-0.2, -0.15) is 4.98 Å². The molecule has 0 radical (unpaired) electrons. The molecule has 5 heterocycles. The van der Waals surface area contributed by atoms with Crippen molar-refractivity contribution in [3.63, 3.8) is 0 Å². The molecule has 1 aromatic carbocycles. The number of hydrogen-bond donors (Lipinski definition) is 1. The molecule has 0 saturated carbocycles. The highest BCUT2D eigenvalue weighted by molar-refractivity contribution is 5.89. The lowest BCUT2D eigenvalue weighted by atomic mass is 10.1. The molecule has 2 fully saturated rings. The monoisotopic (exact) mass is 538 g/mol. The van der Waals surface area contributed by atoms with Crippen LogP contribution >= 0.6 is 0 Å². The number of nitrogens with one attached hydrogen (secondary N) is 1. The highest BCUT2D eigenvalue weighted by Gasteiger charge is 2.51. The number of fused-ring (bicyclic) bond motifs is 2. The number of ether oxygens (including phenoxy) is 2. The topological polar surface area (TPSA) is 94.6 Å². The van der Waals surface area contributed by atoms with Crippen LogP contribution in [0.15, 0.2) is 24.4 Å². The molecule has 0 bridgehead atoms. The van der Waals surface area contributed by atoms with Crippen molar-refractivity contribution in [2.45, 2.75) is 37.4 Å². The van der Waals surface area contributed by atoms with Crippen LogP contribution < -0.4 is 10.1 Å². The van der Waals surface area contributed by atoms with Crippen molar-refractivity contribution >= 4 is 22.5 Å². The summed E-state index contributed by atoms with van der Waals surface area (Å²) in [5.41, 5.74) is 1.15. The zero-order valence-corrected chi connectivity index (χ0v) is 20.3. The van der Waals surface area contributed by atoms with Crippen LogP contribution in [0.25, 0.3) is 27.7 Å². The third-order valence-corrected chi connectivity index (χ3v) is 6.76. The summed E-state index contributed by atoms with van der Waals surface area (Å²) in [6.45, 7) is 0.527. The number of benzene rings is 1. The Balaban J connectivity index is 1.36. The molecule has 38 heavy (non-hydrogen) atoms. The molecule has 4 aromatic rings. The zero-order chi connectivity index (χ0) is 26.8.